The highest BCUT2D eigenvalue weighted by molar-refractivity contribution is 5.69. The monoisotopic (exact) mass is 283 g/mol. The van der Waals surface area contributed by atoms with E-state index in [1.807, 2.05) is 6.07 Å². The minimum Gasteiger partial charge on any atom is -0.459 e. The molecule has 1 heterocycles. The molecule has 2 rings (SSSR count). The van der Waals surface area contributed by atoms with Crippen molar-refractivity contribution in [3.8, 4) is 6.07 Å². The Morgan fingerprint density at radius 1 is 1.24 bits per heavy atom. The Morgan fingerprint density at radius 2 is 1.95 bits per heavy atom. The molecule has 0 amide bonds. The van der Waals surface area contributed by atoms with Crippen LogP contribution in [-0.2, 0) is 22.7 Å². The number of anilines is 1. The van der Waals surface area contributed by atoms with E-state index < -0.39 is 5.97 Å². The highest BCUT2D eigenvalue weighted by atomic mass is 16.5. The molecule has 0 bridgehead atoms. The number of nitrogen functional groups attached to an aromatic ring is 1. The number of aromatic nitrogens is 1. The number of ether oxygens (including phenoxy) is 1. The van der Waals surface area contributed by atoms with Crippen molar-refractivity contribution in [1.29, 1.82) is 5.26 Å². The number of carbonyl (C=O) groups excluding carboxylic acids is 1. The smallest absolute Gasteiger partial charge is 0.326 e. The van der Waals surface area contributed by atoms with Gasteiger partial charge in [0.05, 0.1) is 11.6 Å². The van der Waals surface area contributed by atoms with Crippen LogP contribution in [0.2, 0.25) is 0 Å². The standard InChI is InChI=1S/C15H13N3O3/c16-7-11-1-3-12(4-2-11)10-21-15(20)9-18-8-13(17)5-6-14(18)19/h1-6,8H,9-10,17H2. The van der Waals surface area contributed by atoms with Crippen LogP contribution in [0.3, 0.4) is 0 Å². The summed E-state index contributed by atoms with van der Waals surface area (Å²) in [6, 6.07) is 11.5. The van der Waals surface area contributed by atoms with Crippen LogP contribution in [-0.4, -0.2) is 10.5 Å². The van der Waals surface area contributed by atoms with Crippen LogP contribution in [0, 0.1) is 11.3 Å². The number of nitrogens with zero attached hydrogens (tertiary/aromatic N) is 2. The van der Waals surface area contributed by atoms with Gasteiger partial charge in [0.15, 0.2) is 0 Å². The molecule has 2 N–H and O–H groups in total. The number of benzene rings is 1. The van der Waals surface area contributed by atoms with Crippen LogP contribution in [0.5, 0.6) is 0 Å². The summed E-state index contributed by atoms with van der Waals surface area (Å²) >= 11 is 0. The van der Waals surface area contributed by atoms with Gasteiger partial charge in [-0.1, -0.05) is 12.1 Å². The topological polar surface area (TPSA) is 98.1 Å². The van der Waals surface area contributed by atoms with E-state index in [1.54, 1.807) is 24.3 Å². The van der Waals surface area contributed by atoms with Crippen LogP contribution in [0.25, 0.3) is 0 Å². The predicted octanol–water partition coefficient (Wildman–Crippen LogP) is 1.05. The molecule has 0 unspecified atom stereocenters. The number of nitriles is 1. The molecule has 1 aromatic heterocycles. The van der Waals surface area contributed by atoms with Crippen molar-refractivity contribution in [3.63, 3.8) is 0 Å². The maximum atomic E-state index is 11.7. The predicted molar refractivity (Wildman–Crippen MR) is 76.1 cm³/mol. The van der Waals surface area contributed by atoms with Gasteiger partial charge in [-0.15, -0.1) is 0 Å². The second-order valence-electron chi connectivity index (χ2n) is 4.40. The lowest BCUT2D eigenvalue weighted by Gasteiger charge is -2.07. The van der Waals surface area contributed by atoms with Gasteiger partial charge in [0.1, 0.15) is 13.2 Å². The molecule has 0 fully saturated rings. The van der Waals surface area contributed by atoms with Crippen molar-refractivity contribution >= 4 is 11.7 Å². The van der Waals surface area contributed by atoms with E-state index in [0.29, 0.717) is 11.3 Å². The molecule has 0 saturated carbocycles. The van der Waals surface area contributed by atoms with Crippen LogP contribution < -0.4 is 11.3 Å². The SMILES string of the molecule is N#Cc1ccc(COC(=O)Cn2cc(N)ccc2=O)cc1. The second kappa shape index (κ2) is 6.39. The van der Waals surface area contributed by atoms with Crippen molar-refractivity contribution in [2.75, 3.05) is 5.73 Å². The lowest BCUT2D eigenvalue weighted by atomic mass is 10.2. The third-order valence-electron chi connectivity index (χ3n) is 2.79. The Morgan fingerprint density at radius 3 is 2.62 bits per heavy atom. The number of pyridine rings is 1. The third-order valence-corrected chi connectivity index (χ3v) is 2.79. The van der Waals surface area contributed by atoms with Crippen molar-refractivity contribution in [3.05, 3.63) is 64.1 Å². The summed E-state index contributed by atoms with van der Waals surface area (Å²) < 4.78 is 6.27. The molecule has 6 heteroatoms. The first-order valence-corrected chi connectivity index (χ1v) is 6.19. The van der Waals surface area contributed by atoms with Crippen LogP contribution >= 0.6 is 0 Å². The Labute approximate surface area is 121 Å². The summed E-state index contributed by atoms with van der Waals surface area (Å²) in [7, 11) is 0. The molecule has 1 aromatic carbocycles. The van der Waals surface area contributed by atoms with Gasteiger partial charge >= 0.3 is 5.97 Å². The zero-order valence-electron chi connectivity index (χ0n) is 11.2. The van der Waals surface area contributed by atoms with E-state index in [9.17, 15) is 9.59 Å². The zero-order valence-corrected chi connectivity index (χ0v) is 11.2. The highest BCUT2D eigenvalue weighted by Gasteiger charge is 2.06. The zero-order chi connectivity index (χ0) is 15.2. The van der Waals surface area contributed by atoms with Gasteiger partial charge in [0.2, 0.25) is 0 Å². The number of rotatable bonds is 4. The van der Waals surface area contributed by atoms with Gasteiger partial charge in [0.25, 0.3) is 5.56 Å². The molecule has 0 spiro atoms. The first kappa shape index (κ1) is 14.3. The third kappa shape index (κ3) is 3.94. The fraction of sp³-hybridized carbons (Fsp3) is 0.133. The number of nitrogens with two attached hydrogens (primary N) is 1. The van der Waals surface area contributed by atoms with Crippen molar-refractivity contribution in [2.24, 2.45) is 0 Å². The second-order valence-corrected chi connectivity index (χ2v) is 4.40. The Bertz CT molecular complexity index is 742. The van der Waals surface area contributed by atoms with Crippen LogP contribution in [0.4, 0.5) is 5.69 Å². The summed E-state index contributed by atoms with van der Waals surface area (Å²) in [6.07, 6.45) is 1.39. The summed E-state index contributed by atoms with van der Waals surface area (Å²) in [4.78, 5) is 23.2. The van der Waals surface area contributed by atoms with Gasteiger partial charge in [-0.3, -0.25) is 9.59 Å². The molecule has 21 heavy (non-hydrogen) atoms. The summed E-state index contributed by atoms with van der Waals surface area (Å²) in [5.74, 6) is -0.535. The maximum Gasteiger partial charge on any atom is 0.326 e. The quantitative estimate of drug-likeness (QED) is 0.845. The van der Waals surface area contributed by atoms with Crippen molar-refractivity contribution < 1.29 is 9.53 Å². The molecule has 0 radical (unpaired) electrons. The maximum absolute atomic E-state index is 11.7. The first-order valence-electron chi connectivity index (χ1n) is 6.19. The molecule has 0 aliphatic carbocycles. The molecule has 0 atom stereocenters. The molecule has 0 aliphatic heterocycles. The Kier molecular flexibility index (Phi) is 4.36. The average Bonchev–Trinajstić information content (AvgIpc) is 2.49. The highest BCUT2D eigenvalue weighted by Crippen LogP contribution is 2.05. The van der Waals surface area contributed by atoms with Crippen molar-refractivity contribution in [1.82, 2.24) is 4.57 Å². The minimum absolute atomic E-state index is 0.0849. The fourth-order valence-electron chi connectivity index (χ4n) is 1.70. The van der Waals surface area contributed by atoms with Gasteiger partial charge in [-0.2, -0.15) is 5.26 Å². The average molecular weight is 283 g/mol. The largest absolute Gasteiger partial charge is 0.459 e. The molecule has 0 aliphatic rings. The van der Waals surface area contributed by atoms with E-state index in [0.717, 1.165) is 5.56 Å². The van der Waals surface area contributed by atoms with E-state index in [2.05, 4.69) is 0 Å². The van der Waals surface area contributed by atoms with Crippen LogP contribution in [0.15, 0.2) is 47.4 Å². The summed E-state index contributed by atoms with van der Waals surface area (Å²) in [5.41, 5.74) is 6.94. The van der Waals surface area contributed by atoms with Gasteiger partial charge in [-0.25, -0.2) is 0 Å². The molecular weight excluding hydrogens is 270 g/mol. The normalized spacial score (nSPS) is 9.86. The van der Waals surface area contributed by atoms with E-state index in [-0.39, 0.29) is 18.7 Å². The minimum atomic E-state index is -0.535. The molecule has 0 saturated heterocycles. The van der Waals surface area contributed by atoms with E-state index in [1.165, 1.54) is 22.9 Å². The van der Waals surface area contributed by atoms with Crippen LogP contribution in [0.1, 0.15) is 11.1 Å². The fourth-order valence-corrected chi connectivity index (χ4v) is 1.70. The summed E-state index contributed by atoms with van der Waals surface area (Å²) in [5, 5.41) is 8.68. The summed E-state index contributed by atoms with van der Waals surface area (Å²) in [6.45, 7) is -0.109. The lowest BCUT2D eigenvalue weighted by Crippen LogP contribution is -2.24. The van der Waals surface area contributed by atoms with E-state index >= 15 is 0 Å². The van der Waals surface area contributed by atoms with Gasteiger partial charge in [0, 0.05) is 18.0 Å². The molecule has 106 valence electrons. The number of carbonyl (C=O) groups is 1. The molecular formula is C15H13N3O3. The van der Waals surface area contributed by atoms with Gasteiger partial charge < -0.3 is 15.0 Å². The number of hydrogen-bond acceptors (Lipinski definition) is 5. The number of esters is 1. The van der Waals surface area contributed by atoms with Gasteiger partial charge in [-0.05, 0) is 23.8 Å². The number of hydrogen-bond donors (Lipinski definition) is 1. The Balaban J connectivity index is 1.94. The van der Waals surface area contributed by atoms with E-state index in [4.69, 9.17) is 15.7 Å². The van der Waals surface area contributed by atoms with Crippen molar-refractivity contribution in [2.45, 2.75) is 13.2 Å². The lowest BCUT2D eigenvalue weighted by molar-refractivity contribution is -0.145. The first-order chi connectivity index (χ1) is 10.1. The Hall–Kier alpha value is -3.07. The molecule has 6 nitrogen and oxygen atoms in total. The molecule has 2 aromatic rings.